The number of benzene rings is 4. The highest BCUT2D eigenvalue weighted by molar-refractivity contribution is 6.06. The summed E-state index contributed by atoms with van der Waals surface area (Å²) in [6, 6.07) is 17.0. The number of imidazole rings is 1. The van der Waals surface area contributed by atoms with E-state index in [1.54, 1.807) is 18.2 Å². The number of aromatic amines is 1. The molecule has 4 aromatic carbocycles. The van der Waals surface area contributed by atoms with Crippen molar-refractivity contribution in [1.82, 2.24) is 73.8 Å². The first-order chi connectivity index (χ1) is 41.2. The van der Waals surface area contributed by atoms with Crippen LogP contribution in [-0.2, 0) is 62.4 Å². The summed E-state index contributed by atoms with van der Waals surface area (Å²) in [5, 5.41) is 49.7. The van der Waals surface area contributed by atoms with E-state index in [2.05, 4.69) is 80.3 Å². The van der Waals surface area contributed by atoms with Gasteiger partial charge in [0.25, 0.3) is 23.6 Å². The van der Waals surface area contributed by atoms with E-state index in [9.17, 15) is 67.7 Å². The van der Waals surface area contributed by atoms with Gasteiger partial charge in [0.15, 0.2) is 0 Å². The molecule has 86 heavy (non-hydrogen) atoms. The monoisotopic (exact) mass is 1180 g/mol. The number of hydrogen-bond acceptors (Lipinski definition) is 15. The molecule has 1 aliphatic heterocycles. The van der Waals surface area contributed by atoms with Crippen LogP contribution < -0.4 is 63.8 Å². The minimum Gasteiger partial charge on any atom is -0.508 e. The molecule has 0 aliphatic carbocycles. The lowest BCUT2D eigenvalue weighted by molar-refractivity contribution is -0.131. The van der Waals surface area contributed by atoms with E-state index in [-0.39, 0.29) is 72.6 Å². The van der Waals surface area contributed by atoms with Gasteiger partial charge in [-0.25, -0.2) is 4.98 Å². The van der Waals surface area contributed by atoms with E-state index in [1.807, 2.05) is 6.92 Å². The van der Waals surface area contributed by atoms with E-state index in [4.69, 9.17) is 0 Å². The van der Waals surface area contributed by atoms with Crippen LogP contribution in [0.4, 0.5) is 0 Å². The second kappa shape index (κ2) is 32.1. The van der Waals surface area contributed by atoms with Gasteiger partial charge in [0.1, 0.15) is 35.7 Å². The molecule has 1 aliphatic rings. The van der Waals surface area contributed by atoms with Gasteiger partial charge < -0.3 is 79.0 Å². The molecular formula is C58H66N14O14. The van der Waals surface area contributed by atoms with Crippen molar-refractivity contribution in [2.24, 2.45) is 0 Å². The molecule has 0 saturated heterocycles. The summed E-state index contributed by atoms with van der Waals surface area (Å²) in [6.45, 7) is 2.55. The number of phenolic OH excluding ortho intramolecular Hbond substituents is 2. The molecule has 0 spiro atoms. The van der Waals surface area contributed by atoms with Gasteiger partial charge in [0.2, 0.25) is 47.3 Å². The largest absolute Gasteiger partial charge is 0.508 e. The molecular weight excluding hydrogens is 1120 g/mol. The van der Waals surface area contributed by atoms with Gasteiger partial charge in [-0.15, -0.1) is 0 Å². The van der Waals surface area contributed by atoms with Crippen molar-refractivity contribution in [3.63, 3.8) is 0 Å². The van der Waals surface area contributed by atoms with E-state index >= 15 is 0 Å². The van der Waals surface area contributed by atoms with Crippen molar-refractivity contribution in [2.75, 3.05) is 45.8 Å². The zero-order chi connectivity index (χ0) is 62.1. The molecule has 4 atom stereocenters. The first-order valence-corrected chi connectivity index (χ1v) is 27.1. The summed E-state index contributed by atoms with van der Waals surface area (Å²) < 4.78 is 0. The van der Waals surface area contributed by atoms with Crippen LogP contribution in [0, 0.1) is 0 Å². The number of nitrogens with zero attached hydrogens (tertiary/aromatic N) is 1. The Morgan fingerprint density at radius 2 is 1.09 bits per heavy atom. The number of H-pyrrole nitrogens is 1. The fraction of sp³-hybridized carbons (Fsp3) is 0.293. The zero-order valence-corrected chi connectivity index (χ0v) is 46.6. The van der Waals surface area contributed by atoms with Crippen LogP contribution >= 0.6 is 0 Å². The maximum atomic E-state index is 14.6. The number of rotatable bonds is 11. The highest BCUT2D eigenvalue weighted by Gasteiger charge is 2.31. The first-order valence-electron chi connectivity index (χ1n) is 27.1. The van der Waals surface area contributed by atoms with E-state index in [0.29, 0.717) is 23.2 Å². The van der Waals surface area contributed by atoms with Crippen molar-refractivity contribution in [1.29, 1.82) is 0 Å². The Kier molecular flexibility index (Phi) is 23.9. The average molecular weight is 1180 g/mol. The minimum atomic E-state index is -1.55. The van der Waals surface area contributed by atoms with Gasteiger partial charge in [-0.2, -0.15) is 0 Å². The number of phenols is 2. The summed E-state index contributed by atoms with van der Waals surface area (Å²) in [5.74, 6) is -10.6. The first kappa shape index (κ1) is 64.2. The third-order valence-corrected chi connectivity index (χ3v) is 12.9. The Hall–Kier alpha value is -10.9. The highest BCUT2D eigenvalue weighted by atomic mass is 16.3. The van der Waals surface area contributed by atoms with Crippen molar-refractivity contribution in [3.05, 3.63) is 161 Å². The average Bonchev–Trinajstić information content (AvgIpc) is 3.52. The number of carbonyl (C=O) groups is 12. The van der Waals surface area contributed by atoms with Crippen molar-refractivity contribution in [3.8, 4) is 11.5 Å². The van der Waals surface area contributed by atoms with Gasteiger partial charge in [0.05, 0.1) is 38.2 Å². The molecule has 5 aromatic rings. The number of aromatic hydroxyl groups is 2. The molecule has 6 rings (SSSR count). The number of nitrogens with one attached hydrogen (secondary N) is 13. The molecule has 15 N–H and O–H groups in total. The van der Waals surface area contributed by atoms with Crippen LogP contribution in [0.5, 0.6) is 11.5 Å². The maximum Gasteiger partial charge on any atom is 0.267 e. The molecule has 0 fully saturated rings. The van der Waals surface area contributed by atoms with Gasteiger partial charge in [-0.1, -0.05) is 74.5 Å². The Balaban J connectivity index is 1.29. The Labute approximate surface area is 492 Å². The second-order valence-electron chi connectivity index (χ2n) is 19.5. The predicted octanol–water partition coefficient (Wildman–Crippen LogP) is -2.04. The van der Waals surface area contributed by atoms with Crippen molar-refractivity contribution >= 4 is 70.9 Å². The molecule has 452 valence electrons. The smallest absolute Gasteiger partial charge is 0.267 e. The lowest BCUT2D eigenvalue weighted by Crippen LogP contribution is -2.53. The fourth-order valence-electron chi connectivity index (χ4n) is 8.31. The quantitative estimate of drug-likeness (QED) is 0.0501. The third kappa shape index (κ3) is 20.5. The lowest BCUT2D eigenvalue weighted by Gasteiger charge is -2.24. The van der Waals surface area contributed by atoms with Crippen LogP contribution in [0.3, 0.4) is 0 Å². The second-order valence-corrected chi connectivity index (χ2v) is 19.5. The van der Waals surface area contributed by atoms with E-state index < -0.39 is 127 Å². The molecule has 1 aromatic heterocycles. The summed E-state index contributed by atoms with van der Waals surface area (Å²) in [5.41, 5.74) is 0.458. The molecule has 28 heteroatoms. The molecule has 2 bridgehead atoms. The van der Waals surface area contributed by atoms with Gasteiger partial charge in [0, 0.05) is 67.5 Å². The SMILES string of the molecule is C=C1NC(=O)CNC(=O)C(Cc2ccc(O)cc2)NC(=O)[C@H](c2ccccc2)NC(=O)c2cc(C(=O)NCCCC)cc(c2)C(=O)NCCNC(=O)[C@H](Cc2cnc[nH]2)NC(=O)CNC(=O)CNC(=O)CNC(=O)[C@H](Cc2ccc(O)cc2)NC1=O. The topological polar surface area (TPSA) is 418 Å². The van der Waals surface area contributed by atoms with Crippen LogP contribution in [0.15, 0.2) is 122 Å². The predicted molar refractivity (Wildman–Crippen MR) is 307 cm³/mol. The zero-order valence-electron chi connectivity index (χ0n) is 46.6. The van der Waals surface area contributed by atoms with Gasteiger partial charge >= 0.3 is 0 Å². The molecule has 28 nitrogen and oxygen atoms in total. The van der Waals surface area contributed by atoms with Crippen LogP contribution in [0.25, 0.3) is 0 Å². The highest BCUT2D eigenvalue weighted by Crippen LogP contribution is 2.19. The number of amides is 12. The van der Waals surface area contributed by atoms with Crippen molar-refractivity contribution < 1.29 is 67.7 Å². The standard InChI is InChI=1S/C58H66N14O14/c1-3-4-18-60-52(80)37-23-38-25-39(24-37)54(82)72-50(36-8-6-5-7-9-36)58(86)71-44(22-35-12-16-42(74)17-13-35)57(85)66-31-48(77)68-33(2)51(79)70-43(21-34-10-14-41(73)15-11-34)56(84)65-29-47(76)63-28-46(75)64-30-49(78)69-45(26-40-27-59-32-67-40)55(83)62-20-19-61-53(38)81/h5-17,23-25,27,32,43-45,50,73-74H,2-4,18-22,26,28-31H2,1H3,(H,59,67)(H,60,80)(H,61,81)(H,62,83)(H,63,76)(H,64,75)(H,65,84)(H,66,85)(H,68,77)(H,69,78)(H,70,79)(H,71,86)(H,72,82)/t43-,44?,45-,50-/m0/s1. The summed E-state index contributed by atoms with van der Waals surface area (Å²) in [4.78, 5) is 170. The molecule has 1 unspecified atom stereocenters. The fourth-order valence-corrected chi connectivity index (χ4v) is 8.31. The van der Waals surface area contributed by atoms with Crippen LogP contribution in [-0.4, -0.2) is 155 Å². The normalized spacial score (nSPS) is 19.0. The number of fused-ring (bicyclic) bond motifs is 2. The van der Waals surface area contributed by atoms with E-state index in [0.717, 1.165) is 6.42 Å². The van der Waals surface area contributed by atoms with Gasteiger partial charge in [-0.3, -0.25) is 57.5 Å². The summed E-state index contributed by atoms with van der Waals surface area (Å²) in [6.07, 6.45) is 3.60. The lowest BCUT2D eigenvalue weighted by atomic mass is 10.0. The third-order valence-electron chi connectivity index (χ3n) is 12.9. The molecule has 0 radical (unpaired) electrons. The Morgan fingerprint density at radius 1 is 0.558 bits per heavy atom. The molecule has 0 saturated carbocycles. The Bertz CT molecular complexity index is 3290. The number of aromatic nitrogens is 2. The van der Waals surface area contributed by atoms with Gasteiger partial charge in [-0.05, 0) is 65.6 Å². The molecule has 2 heterocycles. The number of hydrogen-bond donors (Lipinski definition) is 15. The van der Waals surface area contributed by atoms with E-state index in [1.165, 1.54) is 91.4 Å². The van der Waals surface area contributed by atoms with Crippen LogP contribution in [0.2, 0.25) is 0 Å². The Morgan fingerprint density at radius 3 is 1.69 bits per heavy atom. The maximum absolute atomic E-state index is 14.6. The number of unbranched alkanes of at least 4 members (excludes halogenated alkanes) is 1. The summed E-state index contributed by atoms with van der Waals surface area (Å²) >= 11 is 0. The van der Waals surface area contributed by atoms with Crippen LogP contribution in [0.1, 0.15) is 79.3 Å². The summed E-state index contributed by atoms with van der Waals surface area (Å²) in [7, 11) is 0. The molecule has 12 amide bonds. The number of carbonyl (C=O) groups excluding carboxylic acids is 12. The minimum absolute atomic E-state index is 0.0923. The van der Waals surface area contributed by atoms with Crippen molar-refractivity contribution in [2.45, 2.75) is 63.2 Å².